The van der Waals surface area contributed by atoms with Crippen LogP contribution in [0.1, 0.15) is 38.1 Å². The third-order valence-corrected chi connectivity index (χ3v) is 4.10. The highest BCUT2D eigenvalue weighted by molar-refractivity contribution is 7.10. The van der Waals surface area contributed by atoms with E-state index >= 15 is 0 Å². The standard InChI is InChI=1S/C15H24N2O3S/c1-10(2)8-12(15(19)20-4)16-9-14(18)17-11(3)13-6-5-7-21-13/h5-7,10-12,16H,8-9H2,1-4H3,(H,17,18). The average Bonchev–Trinajstić information content (AvgIpc) is 2.96. The van der Waals surface area contributed by atoms with Gasteiger partial charge < -0.3 is 10.1 Å². The maximum Gasteiger partial charge on any atom is 0.322 e. The van der Waals surface area contributed by atoms with Crippen LogP contribution >= 0.6 is 11.3 Å². The molecule has 0 saturated carbocycles. The molecular formula is C15H24N2O3S. The number of carbonyl (C=O) groups is 2. The fourth-order valence-corrected chi connectivity index (χ4v) is 2.73. The van der Waals surface area contributed by atoms with Crippen molar-refractivity contribution >= 4 is 23.2 Å². The average molecular weight is 312 g/mol. The first-order valence-corrected chi connectivity index (χ1v) is 7.96. The van der Waals surface area contributed by atoms with Crippen molar-refractivity contribution in [1.29, 1.82) is 0 Å². The Morgan fingerprint density at radius 2 is 2.05 bits per heavy atom. The molecule has 6 heteroatoms. The van der Waals surface area contributed by atoms with E-state index in [2.05, 4.69) is 10.6 Å². The Labute approximate surface area is 130 Å². The van der Waals surface area contributed by atoms with Crippen molar-refractivity contribution in [2.24, 2.45) is 5.92 Å². The van der Waals surface area contributed by atoms with Gasteiger partial charge in [0.2, 0.25) is 5.91 Å². The Morgan fingerprint density at radius 3 is 2.57 bits per heavy atom. The number of amides is 1. The van der Waals surface area contributed by atoms with Gasteiger partial charge in [-0.25, -0.2) is 0 Å². The second-order valence-electron chi connectivity index (χ2n) is 5.39. The van der Waals surface area contributed by atoms with Crippen molar-refractivity contribution in [2.75, 3.05) is 13.7 Å². The molecule has 0 aliphatic rings. The lowest BCUT2D eigenvalue weighted by atomic mass is 10.0. The molecule has 1 amide bonds. The highest BCUT2D eigenvalue weighted by atomic mass is 32.1. The summed E-state index contributed by atoms with van der Waals surface area (Å²) in [6.07, 6.45) is 0.639. The minimum absolute atomic E-state index is 0.0269. The minimum atomic E-state index is -0.446. The Bertz CT molecular complexity index is 446. The summed E-state index contributed by atoms with van der Waals surface area (Å²) < 4.78 is 4.75. The van der Waals surface area contributed by atoms with E-state index in [4.69, 9.17) is 4.74 Å². The summed E-state index contributed by atoms with van der Waals surface area (Å²) in [5, 5.41) is 7.85. The number of carbonyl (C=O) groups excluding carboxylic acids is 2. The molecule has 0 aliphatic heterocycles. The number of rotatable bonds is 8. The summed E-state index contributed by atoms with van der Waals surface area (Å²) in [5.41, 5.74) is 0. The first-order chi connectivity index (χ1) is 9.93. The van der Waals surface area contributed by atoms with Crippen LogP contribution in [0.4, 0.5) is 0 Å². The fraction of sp³-hybridized carbons (Fsp3) is 0.600. The van der Waals surface area contributed by atoms with Gasteiger partial charge in [-0.1, -0.05) is 19.9 Å². The molecule has 0 spiro atoms. The van der Waals surface area contributed by atoms with Crippen molar-refractivity contribution in [3.63, 3.8) is 0 Å². The molecule has 0 bridgehead atoms. The molecule has 2 unspecified atom stereocenters. The number of thiophene rings is 1. The zero-order valence-corrected chi connectivity index (χ0v) is 13.8. The summed E-state index contributed by atoms with van der Waals surface area (Å²) >= 11 is 1.61. The van der Waals surface area contributed by atoms with Crippen molar-refractivity contribution in [2.45, 2.75) is 39.3 Å². The van der Waals surface area contributed by atoms with Crippen molar-refractivity contribution in [3.8, 4) is 0 Å². The predicted molar refractivity (Wildman–Crippen MR) is 84.1 cm³/mol. The van der Waals surface area contributed by atoms with E-state index in [1.165, 1.54) is 7.11 Å². The van der Waals surface area contributed by atoms with Gasteiger partial charge in [0.25, 0.3) is 0 Å². The zero-order chi connectivity index (χ0) is 15.8. The molecular weight excluding hydrogens is 288 g/mol. The molecule has 21 heavy (non-hydrogen) atoms. The molecule has 5 nitrogen and oxygen atoms in total. The number of methoxy groups -OCH3 is 1. The van der Waals surface area contributed by atoms with E-state index in [9.17, 15) is 9.59 Å². The number of hydrogen-bond acceptors (Lipinski definition) is 5. The molecule has 1 rings (SSSR count). The molecule has 1 heterocycles. The molecule has 0 aliphatic carbocycles. The summed E-state index contributed by atoms with van der Waals surface area (Å²) in [7, 11) is 1.36. The van der Waals surface area contributed by atoms with E-state index in [-0.39, 0.29) is 24.5 Å². The van der Waals surface area contributed by atoms with Crippen molar-refractivity contribution in [1.82, 2.24) is 10.6 Å². The highest BCUT2D eigenvalue weighted by Gasteiger charge is 2.21. The Balaban J connectivity index is 2.44. The molecule has 1 aromatic heterocycles. The summed E-state index contributed by atoms with van der Waals surface area (Å²) in [5.74, 6) is -0.119. The van der Waals surface area contributed by atoms with E-state index in [0.717, 1.165) is 4.88 Å². The fourth-order valence-electron chi connectivity index (χ4n) is 1.99. The van der Waals surface area contributed by atoms with Crippen LogP contribution in [-0.2, 0) is 14.3 Å². The van der Waals surface area contributed by atoms with Crippen molar-refractivity contribution < 1.29 is 14.3 Å². The predicted octanol–water partition coefficient (Wildman–Crippen LogP) is 2.10. The molecule has 118 valence electrons. The second-order valence-corrected chi connectivity index (χ2v) is 6.37. The van der Waals surface area contributed by atoms with Gasteiger partial charge in [0, 0.05) is 4.88 Å². The minimum Gasteiger partial charge on any atom is -0.468 e. The molecule has 2 atom stereocenters. The first-order valence-electron chi connectivity index (χ1n) is 7.08. The molecule has 0 fully saturated rings. The zero-order valence-electron chi connectivity index (χ0n) is 13.0. The maximum absolute atomic E-state index is 11.9. The van der Waals surface area contributed by atoms with Gasteiger partial charge in [0.05, 0.1) is 19.7 Å². The largest absolute Gasteiger partial charge is 0.468 e. The number of ether oxygens (including phenoxy) is 1. The number of esters is 1. The monoisotopic (exact) mass is 312 g/mol. The quantitative estimate of drug-likeness (QED) is 0.721. The third kappa shape index (κ3) is 6.27. The van der Waals surface area contributed by atoms with Crippen LogP contribution in [0.3, 0.4) is 0 Å². The summed E-state index contributed by atoms with van der Waals surface area (Å²) in [6.45, 7) is 6.09. The summed E-state index contributed by atoms with van der Waals surface area (Å²) in [6, 6.07) is 3.47. The van der Waals surface area contributed by atoms with E-state index < -0.39 is 6.04 Å². The summed E-state index contributed by atoms with van der Waals surface area (Å²) in [4.78, 5) is 24.7. The highest BCUT2D eigenvalue weighted by Crippen LogP contribution is 2.17. The van der Waals surface area contributed by atoms with Gasteiger partial charge in [-0.3, -0.25) is 14.9 Å². The molecule has 0 aromatic carbocycles. The second kappa shape index (κ2) is 8.79. The molecule has 0 saturated heterocycles. The normalized spacial score (nSPS) is 13.8. The van der Waals surface area contributed by atoms with Gasteiger partial charge in [-0.2, -0.15) is 0 Å². The molecule has 2 N–H and O–H groups in total. The van der Waals surface area contributed by atoms with Crippen LogP contribution in [0.5, 0.6) is 0 Å². The van der Waals surface area contributed by atoms with Gasteiger partial charge in [0.1, 0.15) is 6.04 Å². The maximum atomic E-state index is 11.9. The van der Waals surface area contributed by atoms with Gasteiger partial charge in [-0.05, 0) is 30.7 Å². The van der Waals surface area contributed by atoms with Gasteiger partial charge in [-0.15, -0.1) is 11.3 Å². The topological polar surface area (TPSA) is 67.4 Å². The van der Waals surface area contributed by atoms with E-state index in [0.29, 0.717) is 12.3 Å². The number of hydrogen-bond donors (Lipinski definition) is 2. The van der Waals surface area contributed by atoms with Gasteiger partial charge >= 0.3 is 5.97 Å². The molecule has 1 aromatic rings. The SMILES string of the molecule is COC(=O)C(CC(C)C)NCC(=O)NC(C)c1cccs1. The van der Waals surface area contributed by atoms with Crippen LogP contribution < -0.4 is 10.6 Å². The molecule has 0 radical (unpaired) electrons. The van der Waals surface area contributed by atoms with E-state index in [1.807, 2.05) is 38.3 Å². The Hall–Kier alpha value is -1.40. The van der Waals surface area contributed by atoms with Crippen LogP contribution in [0.15, 0.2) is 17.5 Å². The number of nitrogens with one attached hydrogen (secondary N) is 2. The van der Waals surface area contributed by atoms with Crippen LogP contribution in [-0.4, -0.2) is 31.6 Å². The van der Waals surface area contributed by atoms with E-state index in [1.54, 1.807) is 11.3 Å². The first kappa shape index (κ1) is 17.7. The van der Waals surface area contributed by atoms with Crippen LogP contribution in [0.2, 0.25) is 0 Å². The Morgan fingerprint density at radius 1 is 1.33 bits per heavy atom. The third-order valence-electron chi connectivity index (χ3n) is 3.05. The Kier molecular flexibility index (Phi) is 7.39. The lowest BCUT2D eigenvalue weighted by molar-refractivity contribution is -0.143. The van der Waals surface area contributed by atoms with Crippen LogP contribution in [0, 0.1) is 5.92 Å². The van der Waals surface area contributed by atoms with Gasteiger partial charge in [0.15, 0.2) is 0 Å². The van der Waals surface area contributed by atoms with Crippen molar-refractivity contribution in [3.05, 3.63) is 22.4 Å². The lowest BCUT2D eigenvalue weighted by Gasteiger charge is -2.19. The smallest absolute Gasteiger partial charge is 0.322 e. The lowest BCUT2D eigenvalue weighted by Crippen LogP contribution is -2.44. The van der Waals surface area contributed by atoms with Crippen LogP contribution in [0.25, 0.3) is 0 Å².